The molecule has 7 nitrogen and oxygen atoms in total. The largest absolute Gasteiger partial charge is 0.490 e. The van der Waals surface area contributed by atoms with E-state index in [1.165, 1.54) is 19.3 Å². The van der Waals surface area contributed by atoms with E-state index in [1.54, 1.807) is 0 Å². The molecule has 1 aliphatic heterocycles. The first kappa shape index (κ1) is 26.6. The average molecular weight is 472 g/mol. The Balaban J connectivity index is 0.000000479. The van der Waals surface area contributed by atoms with E-state index < -0.39 is 12.1 Å². The third kappa shape index (κ3) is 8.68. The standard InChI is InChI=1S/C21H31N3O2.C2HF3O2/c1-17-7-9-18(10-8-17)21(26)24(19-5-3-2-4-6-19)14-11-20(25)23-15-12-22-13-16-23;3-2(4,5)1(6)7/h7-10,19,22H,2-6,11-16H2,1H3;(H,6,7). The number of nitrogens with zero attached hydrogens (tertiary/aromatic N) is 2. The fraction of sp³-hybridized carbons (Fsp3) is 0.609. The molecule has 2 amide bonds. The van der Waals surface area contributed by atoms with Gasteiger partial charge in [-0.05, 0) is 31.9 Å². The van der Waals surface area contributed by atoms with Gasteiger partial charge in [-0.3, -0.25) is 9.59 Å². The van der Waals surface area contributed by atoms with Crippen molar-refractivity contribution in [2.45, 2.75) is 57.7 Å². The molecular formula is C23H32F3N3O4. The maximum atomic E-state index is 13.1. The third-order valence-electron chi connectivity index (χ3n) is 5.85. The Kier molecular flexibility index (Phi) is 10.1. The molecule has 0 aromatic heterocycles. The van der Waals surface area contributed by atoms with Gasteiger partial charge in [-0.25, -0.2) is 4.79 Å². The number of rotatable bonds is 5. The van der Waals surface area contributed by atoms with Crippen LogP contribution in [-0.4, -0.2) is 77.6 Å². The molecule has 0 atom stereocenters. The molecular weight excluding hydrogens is 439 g/mol. The minimum Gasteiger partial charge on any atom is -0.475 e. The SMILES string of the molecule is Cc1ccc(C(=O)N(CCC(=O)N2CCNCC2)C2CCCCC2)cc1.O=C(O)C(F)(F)F. The Hall–Kier alpha value is -2.62. The molecule has 2 fully saturated rings. The summed E-state index contributed by atoms with van der Waals surface area (Å²) >= 11 is 0. The first-order valence-electron chi connectivity index (χ1n) is 11.3. The molecule has 1 aromatic rings. The maximum absolute atomic E-state index is 13.1. The number of carboxylic acid groups (broad SMARTS) is 1. The van der Waals surface area contributed by atoms with E-state index in [-0.39, 0.29) is 17.9 Å². The van der Waals surface area contributed by atoms with E-state index in [0.29, 0.717) is 13.0 Å². The second-order valence-electron chi connectivity index (χ2n) is 8.34. The molecule has 184 valence electrons. The summed E-state index contributed by atoms with van der Waals surface area (Å²) in [6, 6.07) is 8.06. The fourth-order valence-corrected chi connectivity index (χ4v) is 3.99. The number of hydrogen-bond donors (Lipinski definition) is 2. The summed E-state index contributed by atoms with van der Waals surface area (Å²) < 4.78 is 31.7. The van der Waals surface area contributed by atoms with Crippen LogP contribution >= 0.6 is 0 Å². The predicted molar refractivity (Wildman–Crippen MR) is 117 cm³/mol. The van der Waals surface area contributed by atoms with Crippen molar-refractivity contribution in [2.75, 3.05) is 32.7 Å². The smallest absolute Gasteiger partial charge is 0.475 e. The molecule has 3 rings (SSSR count). The highest BCUT2D eigenvalue weighted by molar-refractivity contribution is 5.94. The number of aryl methyl sites for hydroxylation is 1. The van der Waals surface area contributed by atoms with Gasteiger partial charge in [0.15, 0.2) is 0 Å². The quantitative estimate of drug-likeness (QED) is 0.688. The number of aliphatic carboxylic acids is 1. The van der Waals surface area contributed by atoms with Crippen molar-refractivity contribution in [3.8, 4) is 0 Å². The number of nitrogens with one attached hydrogen (secondary N) is 1. The summed E-state index contributed by atoms with van der Waals surface area (Å²) in [5, 5.41) is 10.4. The number of hydrogen-bond acceptors (Lipinski definition) is 4. The molecule has 2 aliphatic rings. The highest BCUT2D eigenvalue weighted by Crippen LogP contribution is 2.24. The Bertz CT molecular complexity index is 787. The van der Waals surface area contributed by atoms with Gasteiger partial charge < -0.3 is 20.2 Å². The summed E-state index contributed by atoms with van der Waals surface area (Å²) in [5.41, 5.74) is 1.88. The van der Waals surface area contributed by atoms with Crippen molar-refractivity contribution < 1.29 is 32.7 Å². The molecule has 10 heteroatoms. The van der Waals surface area contributed by atoms with Crippen LogP contribution in [0.5, 0.6) is 0 Å². The van der Waals surface area contributed by atoms with Crippen LogP contribution in [0.15, 0.2) is 24.3 Å². The third-order valence-corrected chi connectivity index (χ3v) is 5.85. The van der Waals surface area contributed by atoms with Crippen LogP contribution in [0.25, 0.3) is 0 Å². The predicted octanol–water partition coefficient (Wildman–Crippen LogP) is 3.23. The molecule has 1 aromatic carbocycles. The Labute approximate surface area is 191 Å². The van der Waals surface area contributed by atoms with E-state index >= 15 is 0 Å². The van der Waals surface area contributed by atoms with E-state index in [4.69, 9.17) is 9.90 Å². The summed E-state index contributed by atoms with van der Waals surface area (Å²) in [7, 11) is 0. The van der Waals surface area contributed by atoms with Crippen LogP contribution in [0.1, 0.15) is 54.4 Å². The number of halogens is 3. The van der Waals surface area contributed by atoms with Gasteiger partial charge in [-0.2, -0.15) is 13.2 Å². The van der Waals surface area contributed by atoms with Gasteiger partial charge >= 0.3 is 12.1 Å². The minimum atomic E-state index is -5.08. The van der Waals surface area contributed by atoms with Crippen molar-refractivity contribution in [2.24, 2.45) is 0 Å². The molecule has 0 radical (unpaired) electrons. The van der Waals surface area contributed by atoms with Gasteiger partial charge in [0, 0.05) is 50.7 Å². The minimum absolute atomic E-state index is 0.0741. The fourth-order valence-electron chi connectivity index (χ4n) is 3.99. The van der Waals surface area contributed by atoms with E-state index in [2.05, 4.69) is 5.32 Å². The number of alkyl halides is 3. The number of carbonyl (C=O) groups is 3. The lowest BCUT2D eigenvalue weighted by molar-refractivity contribution is -0.192. The summed E-state index contributed by atoms with van der Waals surface area (Å²) in [6.07, 6.45) is 1.05. The van der Waals surface area contributed by atoms with E-state index in [9.17, 15) is 22.8 Å². The number of amides is 2. The molecule has 1 aliphatic carbocycles. The maximum Gasteiger partial charge on any atom is 0.490 e. The zero-order chi connectivity index (χ0) is 24.4. The van der Waals surface area contributed by atoms with Crippen molar-refractivity contribution in [3.63, 3.8) is 0 Å². The van der Waals surface area contributed by atoms with Crippen LogP contribution in [0.4, 0.5) is 13.2 Å². The van der Waals surface area contributed by atoms with Gasteiger partial charge in [0.1, 0.15) is 0 Å². The monoisotopic (exact) mass is 471 g/mol. The molecule has 0 bridgehead atoms. The molecule has 33 heavy (non-hydrogen) atoms. The van der Waals surface area contributed by atoms with Crippen LogP contribution in [0, 0.1) is 6.92 Å². The zero-order valence-corrected chi connectivity index (χ0v) is 18.9. The second-order valence-corrected chi connectivity index (χ2v) is 8.34. The number of benzene rings is 1. The topological polar surface area (TPSA) is 90.0 Å². The van der Waals surface area contributed by atoms with Gasteiger partial charge in [-0.15, -0.1) is 0 Å². The van der Waals surface area contributed by atoms with E-state index in [0.717, 1.165) is 50.1 Å². The van der Waals surface area contributed by atoms with Crippen LogP contribution in [0.3, 0.4) is 0 Å². The van der Waals surface area contributed by atoms with Gasteiger partial charge in [0.2, 0.25) is 5.91 Å². The lowest BCUT2D eigenvalue weighted by Gasteiger charge is -2.35. The summed E-state index contributed by atoms with van der Waals surface area (Å²) in [6.45, 7) is 5.82. The first-order valence-corrected chi connectivity index (χ1v) is 11.3. The lowest BCUT2D eigenvalue weighted by Crippen LogP contribution is -2.48. The van der Waals surface area contributed by atoms with Gasteiger partial charge in [0.05, 0.1) is 0 Å². The van der Waals surface area contributed by atoms with Crippen molar-refractivity contribution in [1.29, 1.82) is 0 Å². The Morgan fingerprint density at radius 2 is 1.61 bits per heavy atom. The number of carboxylic acids is 1. The van der Waals surface area contributed by atoms with Gasteiger partial charge in [0.25, 0.3) is 5.91 Å². The Morgan fingerprint density at radius 3 is 2.12 bits per heavy atom. The first-order chi connectivity index (χ1) is 15.6. The molecule has 1 saturated carbocycles. The molecule has 1 saturated heterocycles. The van der Waals surface area contributed by atoms with Crippen LogP contribution in [-0.2, 0) is 9.59 Å². The van der Waals surface area contributed by atoms with Crippen molar-refractivity contribution >= 4 is 17.8 Å². The zero-order valence-electron chi connectivity index (χ0n) is 18.9. The number of piperazine rings is 1. The normalized spacial score (nSPS) is 17.0. The Morgan fingerprint density at radius 1 is 1.06 bits per heavy atom. The average Bonchev–Trinajstić information content (AvgIpc) is 2.80. The summed E-state index contributed by atoms with van der Waals surface area (Å²) in [5.74, 6) is -2.51. The highest BCUT2D eigenvalue weighted by Gasteiger charge is 2.38. The van der Waals surface area contributed by atoms with Crippen LogP contribution in [0.2, 0.25) is 0 Å². The van der Waals surface area contributed by atoms with Crippen LogP contribution < -0.4 is 5.32 Å². The van der Waals surface area contributed by atoms with Crippen molar-refractivity contribution in [3.05, 3.63) is 35.4 Å². The van der Waals surface area contributed by atoms with E-state index in [1.807, 2.05) is 41.0 Å². The highest BCUT2D eigenvalue weighted by atomic mass is 19.4. The molecule has 0 unspecified atom stereocenters. The molecule has 2 N–H and O–H groups in total. The molecule has 1 heterocycles. The van der Waals surface area contributed by atoms with Gasteiger partial charge in [-0.1, -0.05) is 37.0 Å². The number of carbonyl (C=O) groups excluding carboxylic acids is 2. The van der Waals surface area contributed by atoms with Crippen molar-refractivity contribution in [1.82, 2.24) is 15.1 Å². The second kappa shape index (κ2) is 12.6. The molecule has 0 spiro atoms. The lowest BCUT2D eigenvalue weighted by atomic mass is 9.93. The summed E-state index contributed by atoms with van der Waals surface area (Å²) in [4.78, 5) is 38.5.